The molecule has 0 aliphatic heterocycles. The highest BCUT2D eigenvalue weighted by molar-refractivity contribution is 9.10. The number of carboxylic acid groups (broad SMARTS) is 1. The molecule has 0 aliphatic rings. The molecule has 0 heterocycles. The third-order valence-corrected chi connectivity index (χ3v) is 5.65. The molecular weight excluding hydrogens is 532 g/mol. The molecule has 0 radical (unpaired) electrons. The number of alkyl halides is 2. The Morgan fingerprint density at radius 2 is 1.19 bits per heavy atom. The second-order valence-corrected chi connectivity index (χ2v) is 10.1. The van der Waals surface area contributed by atoms with E-state index >= 15 is 0 Å². The van der Waals surface area contributed by atoms with E-state index in [2.05, 4.69) is 31.9 Å². The van der Waals surface area contributed by atoms with Crippen LogP contribution in [-0.2, 0) is 19.8 Å². The number of carbonyl (C=O) groups excluding carboxylic acids is 3. The molecule has 0 bridgehead atoms. The second-order valence-electron chi connectivity index (χ2n) is 7.33. The number of carbonyl (C=O) groups is 3. The lowest BCUT2D eigenvalue weighted by atomic mass is 9.73. The van der Waals surface area contributed by atoms with Crippen molar-refractivity contribution >= 4 is 49.8 Å². The van der Waals surface area contributed by atoms with Gasteiger partial charge in [-0.25, -0.2) is 0 Å². The van der Waals surface area contributed by atoms with Crippen LogP contribution in [0.3, 0.4) is 0 Å². The Morgan fingerprint density at radius 3 is 1.48 bits per heavy atom. The number of rotatable bonds is 9. The average Bonchev–Trinajstić information content (AvgIpc) is 2.72. The van der Waals surface area contributed by atoms with Crippen LogP contribution >= 0.6 is 31.9 Å². The second kappa shape index (κ2) is 10.9. The molecule has 166 valence electrons. The Balaban J connectivity index is 2.32. The third-order valence-electron chi connectivity index (χ3n) is 4.90. The molecule has 2 rings (SSSR count). The van der Waals surface area contributed by atoms with E-state index in [9.17, 15) is 19.5 Å². The van der Waals surface area contributed by atoms with E-state index in [0.717, 1.165) is 11.1 Å². The lowest BCUT2D eigenvalue weighted by Gasteiger charge is -2.31. The fraction of sp³-hybridized carbons (Fsp3) is 0.348. The summed E-state index contributed by atoms with van der Waals surface area (Å²) >= 11 is 6.33. The van der Waals surface area contributed by atoms with Crippen LogP contribution in [0.4, 0.5) is 0 Å². The number of hydrogen-bond acceptors (Lipinski definition) is 6. The minimum atomic E-state index is -1.14. The fourth-order valence-electron chi connectivity index (χ4n) is 2.98. The van der Waals surface area contributed by atoms with Crippen molar-refractivity contribution in [1.29, 1.82) is 0 Å². The molecule has 0 aliphatic carbocycles. The Morgan fingerprint density at radius 1 is 0.839 bits per heavy atom. The fourth-order valence-corrected chi connectivity index (χ4v) is 3.17. The molecule has 2 aromatic rings. The number of benzene rings is 2. The summed E-state index contributed by atoms with van der Waals surface area (Å²) in [6.45, 7) is 5.28. The van der Waals surface area contributed by atoms with Crippen molar-refractivity contribution in [2.45, 2.75) is 48.7 Å². The van der Waals surface area contributed by atoms with Crippen LogP contribution in [0.5, 0.6) is 11.5 Å². The molecule has 0 saturated carbocycles. The average molecular weight is 555 g/mol. The normalized spacial score (nSPS) is 14.7. The van der Waals surface area contributed by atoms with Crippen LogP contribution in [0, 0.1) is 0 Å². The van der Waals surface area contributed by atoms with Crippen LogP contribution in [0.2, 0.25) is 0 Å². The van der Waals surface area contributed by atoms with Gasteiger partial charge in [0.25, 0.3) is 0 Å². The maximum absolute atomic E-state index is 11.8. The summed E-state index contributed by atoms with van der Waals surface area (Å²) in [6, 6.07) is 13.9. The van der Waals surface area contributed by atoms with Gasteiger partial charge in [0.2, 0.25) is 0 Å². The zero-order chi connectivity index (χ0) is 23.2. The summed E-state index contributed by atoms with van der Waals surface area (Å²) in [5.41, 5.74) is 1.04. The van der Waals surface area contributed by atoms with Gasteiger partial charge in [0, 0.05) is 11.4 Å². The van der Waals surface area contributed by atoms with E-state index in [1.807, 2.05) is 6.92 Å². The van der Waals surface area contributed by atoms with Crippen molar-refractivity contribution in [1.82, 2.24) is 0 Å². The van der Waals surface area contributed by atoms with Crippen LogP contribution in [0.15, 0.2) is 48.5 Å². The van der Waals surface area contributed by atoms with Gasteiger partial charge >= 0.3 is 11.9 Å². The SMILES string of the molecule is CC(Br)C(=O)Oc1ccc(C(C)(CCC(=O)[O-])c2ccc(OC(=O)C(C)Br)cc2)cc1. The topological polar surface area (TPSA) is 92.7 Å². The summed E-state index contributed by atoms with van der Waals surface area (Å²) in [7, 11) is 0. The van der Waals surface area contributed by atoms with E-state index < -0.39 is 33.0 Å². The van der Waals surface area contributed by atoms with E-state index in [1.165, 1.54) is 0 Å². The molecule has 6 nitrogen and oxygen atoms in total. The largest absolute Gasteiger partial charge is 0.550 e. The van der Waals surface area contributed by atoms with Gasteiger partial charge in [0.1, 0.15) is 21.2 Å². The van der Waals surface area contributed by atoms with E-state index in [4.69, 9.17) is 9.47 Å². The molecule has 0 spiro atoms. The maximum Gasteiger partial charge on any atom is 0.324 e. The summed E-state index contributed by atoms with van der Waals surface area (Å²) < 4.78 is 10.6. The summed E-state index contributed by atoms with van der Waals surface area (Å²) in [6.07, 6.45) is 0.163. The van der Waals surface area contributed by atoms with Gasteiger partial charge < -0.3 is 19.4 Å². The molecule has 2 atom stereocenters. The molecule has 0 fully saturated rings. The minimum absolute atomic E-state index is 0.133. The van der Waals surface area contributed by atoms with Gasteiger partial charge in [-0.2, -0.15) is 0 Å². The Bertz CT molecular complexity index is 855. The summed E-state index contributed by atoms with van der Waals surface area (Å²) in [4.78, 5) is 33.8. The number of halogens is 2. The molecule has 31 heavy (non-hydrogen) atoms. The maximum atomic E-state index is 11.8. The van der Waals surface area contributed by atoms with Gasteiger partial charge in [0.05, 0.1) is 0 Å². The molecule has 2 unspecified atom stereocenters. The smallest absolute Gasteiger partial charge is 0.324 e. The quantitative estimate of drug-likeness (QED) is 0.265. The van der Waals surface area contributed by atoms with Gasteiger partial charge in [-0.05, 0) is 62.1 Å². The van der Waals surface area contributed by atoms with Crippen molar-refractivity contribution in [3.63, 3.8) is 0 Å². The lowest BCUT2D eigenvalue weighted by molar-refractivity contribution is -0.306. The molecular formula is C23H23Br2O6-. The Kier molecular flexibility index (Phi) is 8.82. The van der Waals surface area contributed by atoms with E-state index in [-0.39, 0.29) is 6.42 Å². The van der Waals surface area contributed by atoms with E-state index in [0.29, 0.717) is 17.9 Å². The molecule has 0 N–H and O–H groups in total. The van der Waals surface area contributed by atoms with Gasteiger partial charge in [-0.1, -0.05) is 63.0 Å². The molecule has 0 saturated heterocycles. The van der Waals surface area contributed by atoms with Crippen LogP contribution < -0.4 is 14.6 Å². The van der Waals surface area contributed by atoms with Crippen molar-refractivity contribution in [2.75, 3.05) is 0 Å². The van der Waals surface area contributed by atoms with Crippen LogP contribution in [0.25, 0.3) is 0 Å². The van der Waals surface area contributed by atoms with Gasteiger partial charge in [-0.15, -0.1) is 0 Å². The first-order chi connectivity index (χ1) is 14.5. The Hall–Kier alpha value is -2.19. The van der Waals surface area contributed by atoms with E-state index in [1.54, 1.807) is 62.4 Å². The first-order valence-electron chi connectivity index (χ1n) is 9.65. The van der Waals surface area contributed by atoms with Crippen molar-refractivity contribution < 1.29 is 29.0 Å². The molecule has 0 aromatic heterocycles. The van der Waals surface area contributed by atoms with Gasteiger partial charge in [-0.3, -0.25) is 9.59 Å². The van der Waals surface area contributed by atoms with Crippen molar-refractivity contribution in [2.24, 2.45) is 0 Å². The Labute approximate surface area is 198 Å². The number of ether oxygens (including phenoxy) is 2. The van der Waals surface area contributed by atoms with Crippen LogP contribution in [-0.4, -0.2) is 27.6 Å². The first kappa shape index (κ1) is 25.1. The molecule has 2 aromatic carbocycles. The summed E-state index contributed by atoms with van der Waals surface area (Å²) in [5.74, 6) is -1.16. The monoisotopic (exact) mass is 553 g/mol. The number of hydrogen-bond donors (Lipinski definition) is 0. The standard InChI is InChI=1S/C23H24Br2O6/c1-14(24)21(28)30-18-8-4-16(5-9-18)23(3,13-12-20(26)27)17-6-10-19(11-7-17)31-22(29)15(2)25/h4-11,14-15H,12-13H2,1-3H3,(H,26,27)/p-1. The summed E-state index contributed by atoms with van der Waals surface area (Å²) in [5, 5.41) is 11.2. The molecule has 8 heteroatoms. The highest BCUT2D eigenvalue weighted by atomic mass is 79.9. The van der Waals surface area contributed by atoms with Crippen LogP contribution in [0.1, 0.15) is 44.7 Å². The van der Waals surface area contributed by atoms with Gasteiger partial charge in [0.15, 0.2) is 0 Å². The minimum Gasteiger partial charge on any atom is -0.550 e. The zero-order valence-electron chi connectivity index (χ0n) is 17.4. The number of aliphatic carboxylic acids is 1. The number of esters is 2. The highest BCUT2D eigenvalue weighted by Crippen LogP contribution is 2.38. The first-order valence-corrected chi connectivity index (χ1v) is 11.5. The van der Waals surface area contributed by atoms with Crippen molar-refractivity contribution in [3.8, 4) is 11.5 Å². The third kappa shape index (κ3) is 6.90. The highest BCUT2D eigenvalue weighted by Gasteiger charge is 2.29. The number of carboxylic acids is 1. The lowest BCUT2D eigenvalue weighted by Crippen LogP contribution is -2.29. The predicted octanol–water partition coefficient (Wildman–Crippen LogP) is 3.90. The molecule has 0 amide bonds. The van der Waals surface area contributed by atoms with Crippen molar-refractivity contribution in [3.05, 3.63) is 59.7 Å². The zero-order valence-corrected chi connectivity index (χ0v) is 20.6. The predicted molar refractivity (Wildman–Crippen MR) is 122 cm³/mol.